The van der Waals surface area contributed by atoms with E-state index in [1.165, 1.54) is 29.5 Å². The molecule has 0 amide bonds. The molecule has 25 heteroatoms. The molecule has 0 aromatic rings. The van der Waals surface area contributed by atoms with Crippen molar-refractivity contribution >= 4 is 0 Å². The Labute approximate surface area is 248 Å². The van der Waals surface area contributed by atoms with Gasteiger partial charge < -0.3 is 86.0 Å². The summed E-state index contributed by atoms with van der Waals surface area (Å²) in [4.78, 5) is 17.7. The monoisotopic (exact) mass is 673 g/mol. The number of likely N-dealkylation sites (N-methyl/N-ethyl adjacent to an activating group) is 4. The van der Waals surface area contributed by atoms with Gasteiger partial charge in [-0.25, -0.2) is 0 Å². The SMILES string of the molecule is CN(C)CCN(C)C.CN(C)CCN(C)C.[Cu+2].[Cu+2].[Cu+2].[N-]=[N+]=[N-].[N-]=[N+]=[N-].[N-]=[N+]=[N-].[N-]=[N+]=[N-].[N-]=[N+]=[N-].[N-]=[N+]=[N-]. The van der Waals surface area contributed by atoms with Crippen LogP contribution in [0.15, 0.2) is 0 Å². The predicted molar refractivity (Wildman–Crippen MR) is 135 cm³/mol. The van der Waals surface area contributed by atoms with Gasteiger partial charge in [0, 0.05) is 26.2 Å². The Hall–Kier alpha value is -2.74. The summed E-state index contributed by atoms with van der Waals surface area (Å²) in [5.41, 5.74) is 81.0. The van der Waals surface area contributed by atoms with Crippen molar-refractivity contribution < 1.29 is 51.2 Å². The quantitative estimate of drug-likeness (QED) is 0.154. The first-order valence-electron chi connectivity index (χ1n) is 8.24. The minimum absolute atomic E-state index is 0. The molecule has 0 aliphatic heterocycles. The maximum atomic E-state index is 6.75. The van der Waals surface area contributed by atoms with E-state index in [1.807, 2.05) is 0 Å². The molecule has 3 radical (unpaired) electrons. The van der Waals surface area contributed by atoms with Crippen LogP contribution in [-0.2, 0) is 51.2 Å². The molecule has 37 heavy (non-hydrogen) atoms. The Morgan fingerprint density at radius 2 is 0.351 bits per heavy atom. The van der Waals surface area contributed by atoms with Crippen LogP contribution >= 0.6 is 0 Å². The van der Waals surface area contributed by atoms with Crippen LogP contribution < -0.4 is 0 Å². The molecular weight excluding hydrogens is 643 g/mol. The van der Waals surface area contributed by atoms with Gasteiger partial charge in [0.15, 0.2) is 0 Å². The summed E-state index contributed by atoms with van der Waals surface area (Å²) in [5, 5.41) is 0. The minimum atomic E-state index is 0. The molecule has 0 bridgehead atoms. The van der Waals surface area contributed by atoms with E-state index in [1.54, 1.807) is 0 Å². The van der Waals surface area contributed by atoms with Crippen LogP contribution in [0.25, 0.3) is 95.8 Å². The molecule has 0 aromatic heterocycles. The van der Waals surface area contributed by atoms with E-state index in [0.29, 0.717) is 0 Å². The van der Waals surface area contributed by atoms with Gasteiger partial charge in [-0.2, -0.15) is 0 Å². The van der Waals surface area contributed by atoms with Gasteiger partial charge in [-0.1, -0.05) is 0 Å². The molecule has 0 N–H and O–H groups in total. The van der Waals surface area contributed by atoms with Gasteiger partial charge in [-0.05, 0) is 56.4 Å². The summed E-state index contributed by atoms with van der Waals surface area (Å²) >= 11 is 0. The molecule has 223 valence electrons. The average molecular weight is 675 g/mol. The molecule has 22 nitrogen and oxygen atoms in total. The van der Waals surface area contributed by atoms with Gasteiger partial charge in [-0.3, -0.25) is 29.5 Å². The van der Waals surface area contributed by atoms with Crippen molar-refractivity contribution in [1.29, 1.82) is 0 Å². The molecule has 0 aliphatic rings. The topological polar surface area (TPSA) is 365 Å². The summed E-state index contributed by atoms with van der Waals surface area (Å²) in [5.74, 6) is 0. The summed E-state index contributed by atoms with van der Waals surface area (Å²) in [7, 11) is 16.7. The fraction of sp³-hybridized carbons (Fsp3) is 1.00. The van der Waals surface area contributed by atoms with Crippen molar-refractivity contribution in [3.63, 3.8) is 0 Å². The third-order valence-corrected chi connectivity index (χ3v) is 1.99. The van der Waals surface area contributed by atoms with Crippen molar-refractivity contribution in [2.75, 3.05) is 82.6 Å². The maximum absolute atomic E-state index is 6.75. The van der Waals surface area contributed by atoms with E-state index in [-0.39, 0.29) is 51.2 Å². The van der Waals surface area contributed by atoms with E-state index in [9.17, 15) is 0 Å². The first-order valence-corrected chi connectivity index (χ1v) is 8.24. The Balaban J connectivity index is -0.0000000241. The van der Waals surface area contributed by atoms with E-state index in [2.05, 4.69) is 76.0 Å². The molecule has 0 saturated heterocycles. The van der Waals surface area contributed by atoms with Crippen LogP contribution in [0, 0.1) is 0 Å². The Morgan fingerprint density at radius 1 is 0.297 bits per heavy atom. The number of rotatable bonds is 6. The van der Waals surface area contributed by atoms with Crippen LogP contribution in [0.4, 0.5) is 0 Å². The van der Waals surface area contributed by atoms with Gasteiger partial charge >= 0.3 is 51.2 Å². The van der Waals surface area contributed by atoms with Crippen molar-refractivity contribution in [1.82, 2.24) is 19.6 Å². The fourth-order valence-electron chi connectivity index (χ4n) is 0.800. The first kappa shape index (κ1) is 70.1. The van der Waals surface area contributed by atoms with Crippen LogP contribution in [0.1, 0.15) is 0 Å². The largest absolute Gasteiger partial charge is 2.00 e. The number of hydrogen-bond acceptors (Lipinski definition) is 4. The van der Waals surface area contributed by atoms with E-state index in [0.717, 1.165) is 26.2 Å². The van der Waals surface area contributed by atoms with Gasteiger partial charge in [0.05, 0.1) is 0 Å². The zero-order valence-corrected chi connectivity index (χ0v) is 24.4. The molecule has 0 rings (SSSR count). The zero-order chi connectivity index (χ0) is 29.4. The second-order valence-corrected chi connectivity index (χ2v) is 5.75. The second-order valence-electron chi connectivity index (χ2n) is 5.75. The van der Waals surface area contributed by atoms with Gasteiger partial charge in [0.25, 0.3) is 0 Å². The second kappa shape index (κ2) is 93.3. The molecule has 0 aliphatic carbocycles. The molecule has 0 saturated carbocycles. The van der Waals surface area contributed by atoms with Crippen molar-refractivity contribution in [2.24, 2.45) is 0 Å². The fourth-order valence-corrected chi connectivity index (χ4v) is 0.800. The molecule has 0 atom stereocenters. The number of nitrogens with zero attached hydrogens (tertiary/aromatic N) is 22. The standard InChI is InChI=1S/2C6H16N2.3Cu.6N3/c2*1-7(2)5-6-8(3)4;;;;6*1-3-2/h2*5-6H2,1-4H3;;;;;;;;;/q;;3*+2;6*-1. The maximum Gasteiger partial charge on any atom is 2.00 e. The van der Waals surface area contributed by atoms with Gasteiger partial charge in [-0.15, -0.1) is 0 Å². The van der Waals surface area contributed by atoms with Crippen molar-refractivity contribution in [3.05, 3.63) is 95.8 Å². The smallest absolute Gasteiger partial charge is 0.373 e. The zero-order valence-electron chi connectivity index (χ0n) is 21.6. The van der Waals surface area contributed by atoms with Crippen LogP contribution in [0.5, 0.6) is 0 Å². The molecular formula is C12H32Cu3N22. The van der Waals surface area contributed by atoms with Crippen LogP contribution in [-0.4, -0.2) is 102 Å². The molecule has 0 fully saturated rings. The average Bonchev–Trinajstić information content (AvgIpc) is 2.69. The van der Waals surface area contributed by atoms with Crippen LogP contribution in [0.2, 0.25) is 0 Å². The van der Waals surface area contributed by atoms with Crippen LogP contribution in [0.3, 0.4) is 0 Å². The van der Waals surface area contributed by atoms with E-state index < -0.39 is 0 Å². The minimum Gasteiger partial charge on any atom is -0.373 e. The van der Waals surface area contributed by atoms with E-state index in [4.69, 9.17) is 66.4 Å². The molecule has 0 unspecified atom stereocenters. The Kier molecular flexibility index (Phi) is 177. The normalized spacial score (nSPS) is 6.16. The molecule has 0 aromatic carbocycles. The Bertz CT molecular complexity index is 447. The molecule has 0 heterocycles. The van der Waals surface area contributed by atoms with Gasteiger partial charge in [0.1, 0.15) is 0 Å². The predicted octanol–water partition coefficient (Wildman–Crippen LogP) is 5.41. The summed E-state index contributed by atoms with van der Waals surface area (Å²) < 4.78 is 0. The first-order chi connectivity index (χ1) is 15.7. The van der Waals surface area contributed by atoms with Gasteiger partial charge in [0.2, 0.25) is 0 Å². The van der Waals surface area contributed by atoms with Crippen molar-refractivity contribution in [2.45, 2.75) is 0 Å². The number of hydrogen-bond donors (Lipinski definition) is 0. The third-order valence-electron chi connectivity index (χ3n) is 1.99. The Morgan fingerprint density at radius 3 is 0.378 bits per heavy atom. The summed E-state index contributed by atoms with van der Waals surface area (Å²) in [6, 6.07) is 0. The summed E-state index contributed by atoms with van der Waals surface area (Å²) in [6.45, 7) is 4.58. The molecule has 0 spiro atoms. The van der Waals surface area contributed by atoms with E-state index >= 15 is 0 Å². The van der Waals surface area contributed by atoms with Crippen molar-refractivity contribution in [3.8, 4) is 0 Å². The third kappa shape index (κ3) is 617. The summed E-state index contributed by atoms with van der Waals surface area (Å²) in [6.07, 6.45) is 0.